The molecule has 0 fully saturated rings. The van der Waals surface area contributed by atoms with Crippen LogP contribution in [0.1, 0.15) is 5.82 Å². The molecule has 0 amide bonds. The van der Waals surface area contributed by atoms with Crippen LogP contribution in [0.25, 0.3) is 21.5 Å². The molecule has 106 valence electrons. The van der Waals surface area contributed by atoms with Crippen molar-refractivity contribution in [2.24, 2.45) is 0 Å². The number of thiophene rings is 1. The lowest BCUT2D eigenvalue weighted by molar-refractivity contribution is 0.174. The Kier molecular flexibility index (Phi) is 2.71. The van der Waals surface area contributed by atoms with E-state index >= 15 is 0 Å². The minimum atomic E-state index is 0.235. The van der Waals surface area contributed by atoms with Crippen molar-refractivity contribution < 1.29 is 14.2 Å². The molecule has 0 radical (unpaired) electrons. The van der Waals surface area contributed by atoms with Gasteiger partial charge in [0, 0.05) is 11.6 Å². The molecule has 6 heteroatoms. The van der Waals surface area contributed by atoms with Gasteiger partial charge >= 0.3 is 0 Å². The Balaban J connectivity index is 2.02. The highest BCUT2D eigenvalue weighted by Crippen LogP contribution is 2.44. The molecule has 1 aromatic carbocycles. The Labute approximate surface area is 125 Å². The first kappa shape index (κ1) is 12.4. The van der Waals surface area contributed by atoms with Crippen LogP contribution in [-0.4, -0.2) is 23.9 Å². The summed E-state index contributed by atoms with van der Waals surface area (Å²) < 4.78 is 17.4. The van der Waals surface area contributed by atoms with Crippen LogP contribution in [0.3, 0.4) is 0 Å². The fraction of sp³-hybridized carbons (Fsp3) is 0.200. The molecule has 3 heterocycles. The first-order valence-electron chi connectivity index (χ1n) is 6.46. The average Bonchev–Trinajstić information content (AvgIpc) is 3.12. The molecular formula is C15H12N2O3S. The van der Waals surface area contributed by atoms with Crippen LogP contribution in [0, 0.1) is 6.92 Å². The van der Waals surface area contributed by atoms with Crippen LogP contribution in [0.5, 0.6) is 17.2 Å². The number of nitrogens with zero attached hydrogens (tertiary/aromatic N) is 2. The Morgan fingerprint density at radius 1 is 1.19 bits per heavy atom. The summed E-state index contributed by atoms with van der Waals surface area (Å²) in [6.45, 7) is 2.12. The second-order valence-corrected chi connectivity index (χ2v) is 5.58. The molecule has 3 aromatic rings. The van der Waals surface area contributed by atoms with Crippen molar-refractivity contribution in [1.82, 2.24) is 9.97 Å². The van der Waals surface area contributed by atoms with E-state index in [-0.39, 0.29) is 6.79 Å². The summed E-state index contributed by atoms with van der Waals surface area (Å²) in [5.41, 5.74) is 2.70. The third-order valence-corrected chi connectivity index (χ3v) is 4.28. The molecule has 0 bridgehead atoms. The second kappa shape index (κ2) is 4.60. The molecule has 0 saturated heterocycles. The Morgan fingerprint density at radius 3 is 2.81 bits per heavy atom. The summed E-state index contributed by atoms with van der Waals surface area (Å²) in [5.74, 6) is 2.86. The Hall–Kier alpha value is -2.34. The van der Waals surface area contributed by atoms with E-state index in [1.807, 2.05) is 30.5 Å². The van der Waals surface area contributed by atoms with Gasteiger partial charge in [0.05, 0.1) is 23.0 Å². The number of rotatable bonds is 2. The van der Waals surface area contributed by atoms with Crippen molar-refractivity contribution in [2.45, 2.75) is 6.92 Å². The summed E-state index contributed by atoms with van der Waals surface area (Å²) in [6.07, 6.45) is 0. The quantitative estimate of drug-likeness (QED) is 0.726. The van der Waals surface area contributed by atoms with E-state index in [2.05, 4.69) is 9.97 Å². The average molecular weight is 300 g/mol. The fourth-order valence-electron chi connectivity index (χ4n) is 2.44. The van der Waals surface area contributed by atoms with Crippen LogP contribution in [-0.2, 0) is 0 Å². The second-order valence-electron chi connectivity index (χ2n) is 4.66. The van der Waals surface area contributed by atoms with Crippen molar-refractivity contribution in [3.8, 4) is 28.5 Å². The topological polar surface area (TPSA) is 53.5 Å². The van der Waals surface area contributed by atoms with Gasteiger partial charge in [-0.05, 0) is 24.4 Å². The molecule has 0 N–H and O–H groups in total. The zero-order valence-corrected chi connectivity index (χ0v) is 12.4. The summed E-state index contributed by atoms with van der Waals surface area (Å²) in [5, 5.41) is 2.02. The zero-order chi connectivity index (χ0) is 14.4. The van der Waals surface area contributed by atoms with E-state index in [0.717, 1.165) is 27.3 Å². The molecule has 0 spiro atoms. The maximum absolute atomic E-state index is 5.50. The van der Waals surface area contributed by atoms with Crippen molar-refractivity contribution in [3.63, 3.8) is 0 Å². The molecule has 1 aliphatic rings. The lowest BCUT2D eigenvalue weighted by atomic mass is 10.1. The summed E-state index contributed by atoms with van der Waals surface area (Å²) in [4.78, 5) is 9.05. The normalized spacial score (nSPS) is 12.9. The lowest BCUT2D eigenvalue weighted by Crippen LogP contribution is -1.95. The highest BCUT2D eigenvalue weighted by Gasteiger charge is 2.21. The highest BCUT2D eigenvalue weighted by molar-refractivity contribution is 7.17. The van der Waals surface area contributed by atoms with Gasteiger partial charge in [0.1, 0.15) is 11.6 Å². The number of ether oxygens (including phenoxy) is 3. The molecule has 5 nitrogen and oxygen atoms in total. The first-order valence-corrected chi connectivity index (χ1v) is 7.34. The van der Waals surface area contributed by atoms with Crippen LogP contribution in [0.2, 0.25) is 0 Å². The van der Waals surface area contributed by atoms with E-state index in [1.165, 1.54) is 0 Å². The largest absolute Gasteiger partial charge is 0.496 e. The maximum Gasteiger partial charge on any atom is 0.231 e. The predicted octanol–water partition coefficient (Wildman–Crippen LogP) is 3.40. The SMILES string of the molecule is COc1cc2c(cc1-c1nc(C)nc3ccsc13)OCO2. The van der Waals surface area contributed by atoms with Crippen LogP contribution >= 0.6 is 11.3 Å². The Bertz CT molecular complexity index is 844. The molecule has 0 atom stereocenters. The summed E-state index contributed by atoms with van der Waals surface area (Å²) >= 11 is 1.62. The van der Waals surface area contributed by atoms with Crippen LogP contribution < -0.4 is 14.2 Å². The molecule has 21 heavy (non-hydrogen) atoms. The zero-order valence-electron chi connectivity index (χ0n) is 11.5. The van der Waals surface area contributed by atoms with Crippen molar-refractivity contribution in [3.05, 3.63) is 29.4 Å². The molecular weight excluding hydrogens is 288 g/mol. The number of hydrogen-bond donors (Lipinski definition) is 0. The number of hydrogen-bond acceptors (Lipinski definition) is 6. The van der Waals surface area contributed by atoms with Crippen molar-refractivity contribution >= 4 is 21.6 Å². The smallest absolute Gasteiger partial charge is 0.231 e. The number of aryl methyl sites for hydroxylation is 1. The predicted molar refractivity (Wildman–Crippen MR) is 80.3 cm³/mol. The van der Waals surface area contributed by atoms with Gasteiger partial charge in [-0.2, -0.15) is 0 Å². The van der Waals surface area contributed by atoms with Crippen molar-refractivity contribution in [2.75, 3.05) is 13.9 Å². The van der Waals surface area contributed by atoms with Crippen LogP contribution in [0.4, 0.5) is 0 Å². The van der Waals surface area contributed by atoms with Crippen molar-refractivity contribution in [1.29, 1.82) is 0 Å². The van der Waals surface area contributed by atoms with Gasteiger partial charge in [-0.1, -0.05) is 0 Å². The maximum atomic E-state index is 5.50. The van der Waals surface area contributed by atoms with E-state index in [9.17, 15) is 0 Å². The molecule has 4 rings (SSSR count). The van der Waals surface area contributed by atoms with Gasteiger partial charge in [-0.15, -0.1) is 11.3 Å². The molecule has 1 aliphatic heterocycles. The van der Waals surface area contributed by atoms with Crippen LogP contribution in [0.15, 0.2) is 23.6 Å². The highest BCUT2D eigenvalue weighted by atomic mass is 32.1. The van der Waals surface area contributed by atoms with E-state index in [1.54, 1.807) is 18.4 Å². The minimum absolute atomic E-state index is 0.235. The van der Waals surface area contributed by atoms with Gasteiger partial charge in [-0.3, -0.25) is 0 Å². The number of aromatic nitrogens is 2. The van der Waals surface area contributed by atoms with E-state index < -0.39 is 0 Å². The fourth-order valence-corrected chi connectivity index (χ4v) is 3.27. The van der Waals surface area contributed by atoms with Gasteiger partial charge in [-0.25, -0.2) is 9.97 Å². The van der Waals surface area contributed by atoms with E-state index in [0.29, 0.717) is 17.2 Å². The third kappa shape index (κ3) is 1.91. The third-order valence-electron chi connectivity index (χ3n) is 3.37. The minimum Gasteiger partial charge on any atom is -0.496 e. The monoisotopic (exact) mass is 300 g/mol. The first-order chi connectivity index (χ1) is 10.3. The van der Waals surface area contributed by atoms with Gasteiger partial charge in [0.15, 0.2) is 11.5 Å². The number of fused-ring (bicyclic) bond motifs is 2. The molecule has 0 aliphatic carbocycles. The van der Waals surface area contributed by atoms with Gasteiger partial charge < -0.3 is 14.2 Å². The molecule has 0 unspecified atom stereocenters. The Morgan fingerprint density at radius 2 is 2.00 bits per heavy atom. The molecule has 2 aromatic heterocycles. The summed E-state index contributed by atoms with van der Waals surface area (Å²) in [7, 11) is 1.64. The number of benzene rings is 1. The van der Waals surface area contributed by atoms with Gasteiger partial charge in [0.25, 0.3) is 0 Å². The van der Waals surface area contributed by atoms with Gasteiger partial charge in [0.2, 0.25) is 6.79 Å². The number of methoxy groups -OCH3 is 1. The summed E-state index contributed by atoms with van der Waals surface area (Å²) in [6, 6.07) is 5.76. The lowest BCUT2D eigenvalue weighted by Gasteiger charge is -2.10. The standard InChI is InChI=1S/C15H12N2O3S/c1-8-16-10-3-4-21-15(10)14(17-8)9-5-12-13(20-7-19-12)6-11(9)18-2/h3-6H,7H2,1-2H3. The molecule has 0 saturated carbocycles. The van der Waals surface area contributed by atoms with E-state index in [4.69, 9.17) is 14.2 Å².